The highest BCUT2D eigenvalue weighted by atomic mass is 19.1. The Hall–Kier alpha value is -1.05. The van der Waals surface area contributed by atoms with Gasteiger partial charge in [0.2, 0.25) is 0 Å². The van der Waals surface area contributed by atoms with E-state index in [9.17, 15) is 14.6 Å². The number of ether oxygens (including phenoxy) is 2. The molecule has 0 saturated carbocycles. The maximum Gasteiger partial charge on any atom is 0.187 e. The van der Waals surface area contributed by atoms with Crippen LogP contribution in [0.2, 0.25) is 0 Å². The van der Waals surface area contributed by atoms with Gasteiger partial charge in [0.15, 0.2) is 12.5 Å². The predicted octanol–water partition coefficient (Wildman–Crippen LogP) is -0.0197. The van der Waals surface area contributed by atoms with E-state index >= 15 is 0 Å². The molecule has 0 amide bonds. The molecule has 2 rings (SSSR count). The zero-order valence-electron chi connectivity index (χ0n) is 10.2. The Kier molecular flexibility index (Phi) is 4.84. The number of hydrogen-bond donors (Lipinski definition) is 3. The minimum Gasteiger partial charge on any atom is -0.394 e. The summed E-state index contributed by atoms with van der Waals surface area (Å²) >= 11 is 0. The third kappa shape index (κ3) is 3.29. The number of rotatable bonds is 4. The molecule has 1 aromatic carbocycles. The Morgan fingerprint density at radius 3 is 2.47 bits per heavy atom. The standard InChI is InChI=1S/C13H17FO5/c14-10-11(16)9(6-15)19-13(12(10)17)18-7-8-4-2-1-3-5-8/h1-5,9-13,15-17H,6-7H2/t9-,10-,11-,12-,13+/m1/s1. The summed E-state index contributed by atoms with van der Waals surface area (Å²) in [4.78, 5) is 0. The van der Waals surface area contributed by atoms with Crippen molar-refractivity contribution >= 4 is 0 Å². The molecule has 5 nitrogen and oxygen atoms in total. The first-order chi connectivity index (χ1) is 9.13. The van der Waals surface area contributed by atoms with E-state index < -0.39 is 37.4 Å². The minimum atomic E-state index is -1.91. The van der Waals surface area contributed by atoms with Crippen LogP contribution in [-0.2, 0) is 16.1 Å². The summed E-state index contributed by atoms with van der Waals surface area (Å²) in [5.41, 5.74) is 0.848. The number of aliphatic hydroxyl groups is 3. The smallest absolute Gasteiger partial charge is 0.187 e. The summed E-state index contributed by atoms with van der Waals surface area (Å²) in [5.74, 6) is 0. The van der Waals surface area contributed by atoms with Crippen molar-refractivity contribution < 1.29 is 29.2 Å². The Balaban J connectivity index is 1.95. The molecule has 5 atom stereocenters. The average molecular weight is 272 g/mol. The van der Waals surface area contributed by atoms with Gasteiger partial charge in [-0.15, -0.1) is 0 Å². The summed E-state index contributed by atoms with van der Waals surface area (Å²) in [6.45, 7) is -0.400. The average Bonchev–Trinajstić information content (AvgIpc) is 2.45. The first kappa shape index (κ1) is 14.4. The van der Waals surface area contributed by atoms with E-state index in [1.54, 1.807) is 0 Å². The number of hydrogen-bond acceptors (Lipinski definition) is 5. The normalized spacial score (nSPS) is 35.3. The van der Waals surface area contributed by atoms with Crippen molar-refractivity contribution in [2.45, 2.75) is 37.4 Å². The van der Waals surface area contributed by atoms with E-state index in [0.717, 1.165) is 5.56 Å². The Morgan fingerprint density at radius 2 is 1.84 bits per heavy atom. The molecule has 6 heteroatoms. The van der Waals surface area contributed by atoms with Crippen molar-refractivity contribution in [2.24, 2.45) is 0 Å². The van der Waals surface area contributed by atoms with Gasteiger partial charge in [0.25, 0.3) is 0 Å². The van der Waals surface area contributed by atoms with Crippen LogP contribution in [0.1, 0.15) is 5.56 Å². The highest BCUT2D eigenvalue weighted by Gasteiger charge is 2.45. The van der Waals surface area contributed by atoms with Gasteiger partial charge in [-0.1, -0.05) is 30.3 Å². The topological polar surface area (TPSA) is 79.2 Å². The van der Waals surface area contributed by atoms with Gasteiger partial charge in [0, 0.05) is 0 Å². The molecule has 19 heavy (non-hydrogen) atoms. The van der Waals surface area contributed by atoms with Gasteiger partial charge in [-0.25, -0.2) is 4.39 Å². The molecule has 0 aliphatic carbocycles. The Bertz CT molecular complexity index is 386. The third-order valence-corrected chi connectivity index (χ3v) is 3.06. The van der Waals surface area contributed by atoms with E-state index in [-0.39, 0.29) is 6.61 Å². The zero-order chi connectivity index (χ0) is 13.8. The van der Waals surface area contributed by atoms with Crippen LogP contribution in [-0.4, -0.2) is 52.7 Å². The fourth-order valence-corrected chi connectivity index (χ4v) is 1.93. The molecule has 0 radical (unpaired) electrons. The van der Waals surface area contributed by atoms with E-state index in [1.807, 2.05) is 30.3 Å². The van der Waals surface area contributed by atoms with Gasteiger partial charge < -0.3 is 24.8 Å². The molecule has 1 fully saturated rings. The molecule has 1 saturated heterocycles. The van der Waals surface area contributed by atoms with Crippen LogP contribution in [0.15, 0.2) is 30.3 Å². The van der Waals surface area contributed by atoms with E-state index in [2.05, 4.69) is 0 Å². The fourth-order valence-electron chi connectivity index (χ4n) is 1.93. The Morgan fingerprint density at radius 1 is 1.16 bits per heavy atom. The molecule has 1 aliphatic rings. The number of aliphatic hydroxyl groups excluding tert-OH is 3. The number of benzene rings is 1. The predicted molar refractivity (Wildman–Crippen MR) is 63.9 cm³/mol. The number of alkyl halides is 1. The van der Waals surface area contributed by atoms with Crippen molar-refractivity contribution in [1.82, 2.24) is 0 Å². The lowest BCUT2D eigenvalue weighted by molar-refractivity contribution is -0.293. The summed E-state index contributed by atoms with van der Waals surface area (Å²) in [5, 5.41) is 28.0. The molecule has 0 unspecified atom stereocenters. The molecule has 106 valence electrons. The van der Waals surface area contributed by atoms with Gasteiger partial charge in [-0.2, -0.15) is 0 Å². The van der Waals surface area contributed by atoms with Crippen LogP contribution >= 0.6 is 0 Å². The summed E-state index contributed by atoms with van der Waals surface area (Å²) in [6.07, 6.45) is -7.36. The van der Waals surface area contributed by atoms with Gasteiger partial charge in [0.1, 0.15) is 18.3 Å². The second-order valence-electron chi connectivity index (χ2n) is 4.45. The first-order valence-electron chi connectivity index (χ1n) is 6.05. The molecule has 1 aromatic rings. The number of halogens is 1. The summed E-state index contributed by atoms with van der Waals surface area (Å²) in [6, 6.07) is 9.15. The van der Waals surface area contributed by atoms with Gasteiger partial charge >= 0.3 is 0 Å². The zero-order valence-corrected chi connectivity index (χ0v) is 10.2. The van der Waals surface area contributed by atoms with Crippen LogP contribution in [0.5, 0.6) is 0 Å². The molecule has 0 spiro atoms. The van der Waals surface area contributed by atoms with Crippen LogP contribution in [0.4, 0.5) is 4.39 Å². The van der Waals surface area contributed by atoms with Crippen molar-refractivity contribution in [2.75, 3.05) is 6.61 Å². The largest absolute Gasteiger partial charge is 0.394 e. The lowest BCUT2D eigenvalue weighted by atomic mass is 10.0. The second kappa shape index (κ2) is 6.40. The Labute approximate surface area is 110 Å². The second-order valence-corrected chi connectivity index (χ2v) is 4.45. The molecular formula is C13H17FO5. The monoisotopic (exact) mass is 272 g/mol. The van der Waals surface area contributed by atoms with Crippen molar-refractivity contribution in [3.05, 3.63) is 35.9 Å². The molecule has 3 N–H and O–H groups in total. The van der Waals surface area contributed by atoms with Crippen LogP contribution in [0.25, 0.3) is 0 Å². The SMILES string of the molecule is OC[C@H]1O[C@H](OCc2ccccc2)[C@H](O)[C@H](F)[C@@H]1O. The fraction of sp³-hybridized carbons (Fsp3) is 0.538. The maximum atomic E-state index is 13.6. The van der Waals surface area contributed by atoms with Crippen LogP contribution < -0.4 is 0 Å². The van der Waals surface area contributed by atoms with E-state index in [4.69, 9.17) is 14.6 Å². The molecular weight excluding hydrogens is 255 g/mol. The van der Waals surface area contributed by atoms with Gasteiger partial charge in [-0.05, 0) is 5.56 Å². The van der Waals surface area contributed by atoms with E-state index in [1.165, 1.54) is 0 Å². The lowest BCUT2D eigenvalue weighted by Gasteiger charge is -2.38. The lowest BCUT2D eigenvalue weighted by Crippen LogP contribution is -2.57. The highest BCUT2D eigenvalue weighted by Crippen LogP contribution is 2.24. The van der Waals surface area contributed by atoms with Crippen LogP contribution in [0, 0.1) is 0 Å². The maximum absolute atomic E-state index is 13.6. The third-order valence-electron chi connectivity index (χ3n) is 3.06. The molecule has 0 bridgehead atoms. The minimum absolute atomic E-state index is 0.142. The molecule has 0 aromatic heterocycles. The van der Waals surface area contributed by atoms with Crippen LogP contribution in [0.3, 0.4) is 0 Å². The van der Waals surface area contributed by atoms with E-state index in [0.29, 0.717) is 0 Å². The van der Waals surface area contributed by atoms with Crippen molar-refractivity contribution in [1.29, 1.82) is 0 Å². The summed E-state index contributed by atoms with van der Waals surface area (Å²) < 4.78 is 24.1. The first-order valence-corrected chi connectivity index (χ1v) is 6.05. The van der Waals surface area contributed by atoms with Crippen molar-refractivity contribution in [3.63, 3.8) is 0 Å². The molecule has 1 heterocycles. The van der Waals surface area contributed by atoms with Gasteiger partial charge in [0.05, 0.1) is 13.2 Å². The van der Waals surface area contributed by atoms with Crippen molar-refractivity contribution in [3.8, 4) is 0 Å². The molecule has 1 aliphatic heterocycles. The van der Waals surface area contributed by atoms with Gasteiger partial charge in [-0.3, -0.25) is 0 Å². The highest BCUT2D eigenvalue weighted by molar-refractivity contribution is 5.13. The quantitative estimate of drug-likeness (QED) is 0.718. The summed E-state index contributed by atoms with van der Waals surface area (Å²) in [7, 11) is 0.